The molecule has 8 nitrogen and oxygen atoms in total. The summed E-state index contributed by atoms with van der Waals surface area (Å²) in [7, 11) is 0. The summed E-state index contributed by atoms with van der Waals surface area (Å²) in [6.07, 6.45) is 1.87. The maximum atomic E-state index is 12.9. The molecule has 2 amide bonds. The smallest absolute Gasteiger partial charge is 0.318 e. The van der Waals surface area contributed by atoms with Crippen molar-refractivity contribution in [1.82, 2.24) is 20.2 Å². The van der Waals surface area contributed by atoms with Crippen molar-refractivity contribution in [3.63, 3.8) is 0 Å². The number of aromatic nitrogens is 2. The van der Waals surface area contributed by atoms with Gasteiger partial charge in [-0.25, -0.2) is 14.8 Å². The first-order valence-corrected chi connectivity index (χ1v) is 11.2. The Bertz CT molecular complexity index is 1000. The molecule has 0 saturated carbocycles. The Kier molecular flexibility index (Phi) is 6.61. The van der Waals surface area contributed by atoms with E-state index in [1.165, 1.54) is 0 Å². The van der Waals surface area contributed by atoms with Gasteiger partial charge in [-0.3, -0.25) is 4.79 Å². The molecule has 1 atom stereocenters. The fraction of sp³-hybridized carbons (Fsp3) is 0.364. The van der Waals surface area contributed by atoms with Crippen LogP contribution in [0, 0.1) is 0 Å². The number of hydrogen-bond acceptors (Lipinski definition) is 7. The highest BCUT2D eigenvalue weighted by Crippen LogP contribution is 2.27. The maximum absolute atomic E-state index is 12.9. The Morgan fingerprint density at radius 1 is 1.13 bits per heavy atom. The third-order valence-electron chi connectivity index (χ3n) is 5.17. The normalized spacial score (nSPS) is 15.0. The number of esters is 1. The second-order valence-electron chi connectivity index (χ2n) is 7.22. The molecule has 0 radical (unpaired) electrons. The van der Waals surface area contributed by atoms with Crippen LogP contribution in [0.2, 0.25) is 0 Å². The van der Waals surface area contributed by atoms with Crippen LogP contribution >= 0.6 is 11.3 Å². The van der Waals surface area contributed by atoms with Crippen molar-refractivity contribution >= 4 is 38.8 Å². The van der Waals surface area contributed by atoms with E-state index in [-0.39, 0.29) is 18.4 Å². The number of rotatable bonds is 6. The van der Waals surface area contributed by atoms with Gasteiger partial charge in [0, 0.05) is 32.4 Å². The van der Waals surface area contributed by atoms with Gasteiger partial charge in [0.1, 0.15) is 10.3 Å². The monoisotopic (exact) mass is 439 g/mol. The zero-order valence-electron chi connectivity index (χ0n) is 17.4. The molecule has 31 heavy (non-hydrogen) atoms. The van der Waals surface area contributed by atoms with Crippen LogP contribution in [-0.4, -0.2) is 59.7 Å². The minimum atomic E-state index is -0.430. The maximum Gasteiger partial charge on any atom is 0.318 e. The number of piperazine rings is 1. The van der Waals surface area contributed by atoms with E-state index >= 15 is 0 Å². The predicted molar refractivity (Wildman–Crippen MR) is 120 cm³/mol. The van der Waals surface area contributed by atoms with Crippen LogP contribution in [0.5, 0.6) is 0 Å². The molecule has 1 aliphatic heterocycles. The van der Waals surface area contributed by atoms with Crippen molar-refractivity contribution in [1.29, 1.82) is 0 Å². The van der Waals surface area contributed by atoms with E-state index in [2.05, 4.69) is 20.2 Å². The Hall–Kier alpha value is -3.20. The first-order chi connectivity index (χ1) is 15.1. The van der Waals surface area contributed by atoms with E-state index < -0.39 is 6.04 Å². The highest BCUT2D eigenvalue weighted by Gasteiger charge is 2.26. The minimum absolute atomic E-state index is 0.0995. The molecule has 1 N–H and O–H groups in total. The van der Waals surface area contributed by atoms with E-state index in [0.29, 0.717) is 32.8 Å². The van der Waals surface area contributed by atoms with Crippen molar-refractivity contribution in [2.45, 2.75) is 19.4 Å². The van der Waals surface area contributed by atoms with Crippen molar-refractivity contribution in [3.05, 3.63) is 54.2 Å². The molecule has 1 unspecified atom stereocenters. The molecule has 2 aromatic heterocycles. The molecule has 4 rings (SSSR count). The molecule has 1 fully saturated rings. The lowest BCUT2D eigenvalue weighted by Crippen LogP contribution is -2.52. The molecular formula is C22H25N5O3S. The summed E-state index contributed by atoms with van der Waals surface area (Å²) in [5, 5.41) is 3.94. The lowest BCUT2D eigenvalue weighted by Gasteiger charge is -2.35. The second kappa shape index (κ2) is 9.74. The van der Waals surface area contributed by atoms with Gasteiger partial charge in [-0.1, -0.05) is 41.7 Å². The summed E-state index contributed by atoms with van der Waals surface area (Å²) in [5.41, 5.74) is 1.77. The summed E-state index contributed by atoms with van der Waals surface area (Å²) in [6.45, 7) is 4.64. The lowest BCUT2D eigenvalue weighted by molar-refractivity contribution is -0.143. The third kappa shape index (κ3) is 5.11. The Balaban J connectivity index is 1.37. The molecule has 0 aliphatic carbocycles. The summed E-state index contributed by atoms with van der Waals surface area (Å²) in [5.74, 6) is -0.328. The summed E-state index contributed by atoms with van der Waals surface area (Å²) < 4.78 is 5.09. The van der Waals surface area contributed by atoms with Crippen molar-refractivity contribution in [2.75, 3.05) is 37.7 Å². The van der Waals surface area contributed by atoms with Crippen molar-refractivity contribution < 1.29 is 14.3 Å². The predicted octanol–water partition coefficient (Wildman–Crippen LogP) is 3.22. The largest absolute Gasteiger partial charge is 0.466 e. The van der Waals surface area contributed by atoms with Gasteiger partial charge in [-0.15, -0.1) is 0 Å². The first-order valence-electron chi connectivity index (χ1n) is 10.4. The van der Waals surface area contributed by atoms with Crippen LogP contribution in [-0.2, 0) is 9.53 Å². The van der Waals surface area contributed by atoms with E-state index in [0.717, 1.165) is 21.0 Å². The number of pyridine rings is 1. The molecule has 162 valence electrons. The zero-order valence-corrected chi connectivity index (χ0v) is 18.2. The van der Waals surface area contributed by atoms with E-state index in [1.807, 2.05) is 42.5 Å². The topological polar surface area (TPSA) is 87.7 Å². The third-order valence-corrected chi connectivity index (χ3v) is 6.21. The fourth-order valence-electron chi connectivity index (χ4n) is 3.56. The number of thiazole rings is 1. The SMILES string of the molecule is CCOC(=O)CC(NC(=O)N1CCN(c2nc3cccnc3s2)CC1)c1ccccc1. The van der Waals surface area contributed by atoms with Gasteiger partial charge in [0.15, 0.2) is 5.13 Å². The van der Waals surface area contributed by atoms with Gasteiger partial charge in [-0.2, -0.15) is 0 Å². The summed E-state index contributed by atoms with van der Waals surface area (Å²) >= 11 is 1.57. The zero-order chi connectivity index (χ0) is 21.6. The molecule has 3 aromatic rings. The average molecular weight is 440 g/mol. The van der Waals surface area contributed by atoms with Gasteiger partial charge in [0.05, 0.1) is 19.1 Å². The fourth-order valence-corrected chi connectivity index (χ4v) is 4.52. The van der Waals surface area contributed by atoms with Gasteiger partial charge >= 0.3 is 12.0 Å². The molecule has 9 heteroatoms. The van der Waals surface area contributed by atoms with Gasteiger partial charge in [-0.05, 0) is 24.6 Å². The molecule has 1 aliphatic rings. The second-order valence-corrected chi connectivity index (χ2v) is 8.18. The number of ether oxygens (including phenoxy) is 1. The van der Waals surface area contributed by atoms with Crippen LogP contribution in [0.4, 0.5) is 9.93 Å². The highest BCUT2D eigenvalue weighted by molar-refractivity contribution is 7.21. The number of anilines is 1. The van der Waals surface area contributed by atoms with E-state index in [9.17, 15) is 9.59 Å². The molecular weight excluding hydrogens is 414 g/mol. The molecule has 0 spiro atoms. The number of nitrogens with one attached hydrogen (secondary N) is 1. The molecule has 1 saturated heterocycles. The van der Waals surface area contributed by atoms with Gasteiger partial charge in [0.25, 0.3) is 0 Å². The molecule has 1 aromatic carbocycles. The van der Waals surface area contributed by atoms with Crippen LogP contribution in [0.25, 0.3) is 10.3 Å². The molecule has 0 bridgehead atoms. The number of amides is 2. The highest BCUT2D eigenvalue weighted by atomic mass is 32.1. The molecule has 3 heterocycles. The van der Waals surface area contributed by atoms with Crippen LogP contribution in [0.15, 0.2) is 48.7 Å². The minimum Gasteiger partial charge on any atom is -0.466 e. The Labute approximate surface area is 184 Å². The quantitative estimate of drug-likeness (QED) is 0.594. The number of nitrogens with zero attached hydrogens (tertiary/aromatic N) is 4. The van der Waals surface area contributed by atoms with E-state index in [4.69, 9.17) is 4.74 Å². The van der Waals surface area contributed by atoms with Crippen LogP contribution < -0.4 is 10.2 Å². The average Bonchev–Trinajstić information content (AvgIpc) is 3.24. The number of fused-ring (bicyclic) bond motifs is 1. The van der Waals surface area contributed by atoms with E-state index in [1.54, 1.807) is 29.4 Å². The number of carbonyl (C=O) groups excluding carboxylic acids is 2. The van der Waals surface area contributed by atoms with Crippen molar-refractivity contribution in [3.8, 4) is 0 Å². The standard InChI is InChI=1S/C22H25N5O3S/c1-2-30-19(28)15-18(16-7-4-3-5-8-16)24-21(29)26-11-13-27(14-12-26)22-25-17-9-6-10-23-20(17)31-22/h3-10,18H,2,11-15H2,1H3,(H,24,29). The summed E-state index contributed by atoms with van der Waals surface area (Å²) in [6, 6.07) is 12.7. The Morgan fingerprint density at radius 3 is 2.61 bits per heavy atom. The van der Waals surface area contributed by atoms with Crippen molar-refractivity contribution in [2.24, 2.45) is 0 Å². The number of hydrogen-bond donors (Lipinski definition) is 1. The summed E-state index contributed by atoms with van der Waals surface area (Å²) in [4.78, 5) is 38.9. The number of carbonyl (C=O) groups is 2. The van der Waals surface area contributed by atoms with Gasteiger partial charge < -0.3 is 19.9 Å². The van der Waals surface area contributed by atoms with Crippen LogP contribution in [0.1, 0.15) is 24.9 Å². The number of benzene rings is 1. The Morgan fingerprint density at radius 2 is 1.90 bits per heavy atom. The lowest BCUT2D eigenvalue weighted by atomic mass is 10.0. The van der Waals surface area contributed by atoms with Crippen LogP contribution in [0.3, 0.4) is 0 Å². The van der Waals surface area contributed by atoms with Gasteiger partial charge in [0.2, 0.25) is 0 Å². The number of urea groups is 1. The first kappa shape index (κ1) is 21.0.